The summed E-state index contributed by atoms with van der Waals surface area (Å²) in [5, 5.41) is 0. The van der Waals surface area contributed by atoms with E-state index >= 15 is 0 Å². The maximum absolute atomic E-state index is 12.7. The lowest BCUT2D eigenvalue weighted by Crippen LogP contribution is -2.42. The molecule has 0 saturated heterocycles. The predicted octanol–water partition coefficient (Wildman–Crippen LogP) is 3.44. The zero-order valence-electron chi connectivity index (χ0n) is 13.5. The van der Waals surface area contributed by atoms with Crippen molar-refractivity contribution in [2.75, 3.05) is 18.6 Å². The van der Waals surface area contributed by atoms with Gasteiger partial charge in [0, 0.05) is 6.42 Å². The van der Waals surface area contributed by atoms with Crippen LogP contribution in [0.2, 0.25) is 0 Å². The van der Waals surface area contributed by atoms with Crippen molar-refractivity contribution < 1.29 is 14.3 Å². The molecule has 0 bridgehead atoms. The van der Waals surface area contributed by atoms with Crippen LogP contribution in [0.15, 0.2) is 48.5 Å². The van der Waals surface area contributed by atoms with Gasteiger partial charge in [0.25, 0.3) is 0 Å². The highest BCUT2D eigenvalue weighted by Gasteiger charge is 2.27. The fourth-order valence-corrected chi connectivity index (χ4v) is 2.91. The van der Waals surface area contributed by atoms with Crippen LogP contribution < -0.4 is 14.4 Å². The highest BCUT2D eigenvalue weighted by molar-refractivity contribution is 5.95. The van der Waals surface area contributed by atoms with E-state index < -0.39 is 0 Å². The van der Waals surface area contributed by atoms with Gasteiger partial charge in [-0.2, -0.15) is 0 Å². The van der Waals surface area contributed by atoms with Gasteiger partial charge in [0.2, 0.25) is 5.91 Å². The Morgan fingerprint density at radius 2 is 1.96 bits per heavy atom. The zero-order chi connectivity index (χ0) is 16.2. The normalized spacial score (nSPS) is 16.4. The van der Waals surface area contributed by atoms with Gasteiger partial charge in [-0.3, -0.25) is 4.79 Å². The molecule has 4 nitrogen and oxygen atoms in total. The van der Waals surface area contributed by atoms with Gasteiger partial charge in [0.1, 0.15) is 17.6 Å². The molecule has 1 unspecified atom stereocenters. The predicted molar refractivity (Wildman–Crippen MR) is 90.2 cm³/mol. The number of ether oxygens (including phenoxy) is 2. The summed E-state index contributed by atoms with van der Waals surface area (Å²) in [5.74, 6) is 1.71. The molecule has 1 aliphatic rings. The summed E-state index contributed by atoms with van der Waals surface area (Å²) in [7, 11) is 1.65. The highest BCUT2D eigenvalue weighted by Crippen LogP contribution is 2.33. The monoisotopic (exact) mass is 311 g/mol. The fraction of sp³-hybridized carbons (Fsp3) is 0.316. The Balaban J connectivity index is 1.74. The number of nitrogens with zero attached hydrogens (tertiary/aromatic N) is 1. The first kappa shape index (κ1) is 15.4. The SMILES string of the molecule is COc1ccccc1CCC(=O)N1CC(C)Oc2ccccc21. The van der Waals surface area contributed by atoms with Crippen LogP contribution in [-0.2, 0) is 11.2 Å². The van der Waals surface area contributed by atoms with Crippen LogP contribution >= 0.6 is 0 Å². The largest absolute Gasteiger partial charge is 0.496 e. The van der Waals surface area contributed by atoms with Gasteiger partial charge in [-0.1, -0.05) is 30.3 Å². The number of hydrogen-bond donors (Lipinski definition) is 0. The molecule has 0 fully saturated rings. The van der Waals surface area contributed by atoms with E-state index in [1.54, 1.807) is 7.11 Å². The van der Waals surface area contributed by atoms with Crippen molar-refractivity contribution in [3.05, 3.63) is 54.1 Å². The van der Waals surface area contributed by atoms with Gasteiger partial charge in [-0.15, -0.1) is 0 Å². The Hall–Kier alpha value is -2.49. The number of anilines is 1. The second-order valence-corrected chi connectivity index (χ2v) is 5.71. The third kappa shape index (κ3) is 3.31. The Labute approximate surface area is 136 Å². The summed E-state index contributed by atoms with van der Waals surface area (Å²) in [4.78, 5) is 14.5. The molecule has 0 radical (unpaired) electrons. The molecule has 1 heterocycles. The maximum atomic E-state index is 12.7. The molecule has 3 rings (SSSR count). The molecular weight excluding hydrogens is 290 g/mol. The summed E-state index contributed by atoms with van der Waals surface area (Å²) < 4.78 is 11.1. The van der Waals surface area contributed by atoms with E-state index in [0.717, 1.165) is 22.7 Å². The average molecular weight is 311 g/mol. The summed E-state index contributed by atoms with van der Waals surface area (Å²) in [6.45, 7) is 2.57. The van der Waals surface area contributed by atoms with Crippen LogP contribution in [0.25, 0.3) is 0 Å². The van der Waals surface area contributed by atoms with Crippen molar-refractivity contribution in [1.29, 1.82) is 0 Å². The van der Waals surface area contributed by atoms with E-state index in [9.17, 15) is 4.79 Å². The minimum absolute atomic E-state index is 0.000103. The maximum Gasteiger partial charge on any atom is 0.227 e. The van der Waals surface area contributed by atoms with Crippen LogP contribution in [0, 0.1) is 0 Å². The van der Waals surface area contributed by atoms with Crippen molar-refractivity contribution in [3.63, 3.8) is 0 Å². The van der Waals surface area contributed by atoms with Crippen LogP contribution in [0.1, 0.15) is 18.9 Å². The van der Waals surface area contributed by atoms with E-state index in [1.807, 2.05) is 60.4 Å². The fourth-order valence-electron chi connectivity index (χ4n) is 2.91. The second kappa shape index (κ2) is 6.73. The van der Waals surface area contributed by atoms with Gasteiger partial charge in [0.15, 0.2) is 0 Å². The number of carbonyl (C=O) groups excluding carboxylic acids is 1. The van der Waals surface area contributed by atoms with Crippen molar-refractivity contribution in [2.45, 2.75) is 25.9 Å². The lowest BCUT2D eigenvalue weighted by atomic mass is 10.1. The third-order valence-electron chi connectivity index (χ3n) is 4.03. The molecule has 1 atom stereocenters. The van der Waals surface area contributed by atoms with Crippen molar-refractivity contribution in [3.8, 4) is 11.5 Å². The zero-order valence-corrected chi connectivity index (χ0v) is 13.5. The summed E-state index contributed by atoms with van der Waals surface area (Å²) in [6, 6.07) is 15.5. The molecule has 0 saturated carbocycles. The minimum Gasteiger partial charge on any atom is -0.496 e. The smallest absolute Gasteiger partial charge is 0.227 e. The first-order valence-corrected chi connectivity index (χ1v) is 7.87. The standard InChI is InChI=1S/C19H21NO3/c1-14-13-20(16-8-4-6-10-18(16)23-14)19(21)12-11-15-7-3-5-9-17(15)22-2/h3-10,14H,11-13H2,1-2H3. The Morgan fingerprint density at radius 1 is 1.22 bits per heavy atom. The first-order chi connectivity index (χ1) is 11.2. The highest BCUT2D eigenvalue weighted by atomic mass is 16.5. The van der Waals surface area contributed by atoms with Crippen molar-refractivity contribution >= 4 is 11.6 Å². The van der Waals surface area contributed by atoms with Crippen molar-refractivity contribution in [2.24, 2.45) is 0 Å². The van der Waals surface area contributed by atoms with Crippen LogP contribution in [0.5, 0.6) is 11.5 Å². The quantitative estimate of drug-likeness (QED) is 0.868. The van der Waals surface area contributed by atoms with Gasteiger partial charge in [0.05, 0.1) is 19.3 Å². The molecular formula is C19H21NO3. The van der Waals surface area contributed by atoms with E-state index in [1.165, 1.54) is 0 Å². The number of amides is 1. The van der Waals surface area contributed by atoms with Crippen LogP contribution in [0.3, 0.4) is 0 Å². The summed E-state index contributed by atoms with van der Waals surface area (Å²) in [6.07, 6.45) is 1.11. The number of carbonyl (C=O) groups is 1. The molecule has 23 heavy (non-hydrogen) atoms. The molecule has 0 N–H and O–H groups in total. The lowest BCUT2D eigenvalue weighted by molar-refractivity contribution is -0.119. The Bertz CT molecular complexity index is 699. The van der Waals surface area contributed by atoms with Crippen molar-refractivity contribution in [1.82, 2.24) is 0 Å². The van der Waals surface area contributed by atoms with Crippen LogP contribution in [-0.4, -0.2) is 25.7 Å². The third-order valence-corrected chi connectivity index (χ3v) is 4.03. The topological polar surface area (TPSA) is 38.8 Å². The lowest BCUT2D eigenvalue weighted by Gasteiger charge is -2.33. The van der Waals surface area contributed by atoms with Gasteiger partial charge < -0.3 is 14.4 Å². The Kier molecular flexibility index (Phi) is 4.51. The molecule has 0 aromatic heterocycles. The number of hydrogen-bond acceptors (Lipinski definition) is 3. The average Bonchev–Trinajstić information content (AvgIpc) is 2.59. The number of para-hydroxylation sites is 3. The van der Waals surface area contributed by atoms with Gasteiger partial charge >= 0.3 is 0 Å². The summed E-state index contributed by atoms with van der Waals surface area (Å²) >= 11 is 0. The van der Waals surface area contributed by atoms with E-state index in [-0.39, 0.29) is 12.0 Å². The molecule has 120 valence electrons. The Morgan fingerprint density at radius 3 is 2.78 bits per heavy atom. The minimum atomic E-state index is 0.000103. The van der Waals surface area contributed by atoms with E-state index in [2.05, 4.69) is 0 Å². The van der Waals surface area contributed by atoms with Gasteiger partial charge in [-0.05, 0) is 37.1 Å². The van der Waals surface area contributed by atoms with E-state index in [0.29, 0.717) is 19.4 Å². The van der Waals surface area contributed by atoms with Gasteiger partial charge in [-0.25, -0.2) is 0 Å². The first-order valence-electron chi connectivity index (χ1n) is 7.87. The number of rotatable bonds is 4. The molecule has 0 aliphatic carbocycles. The number of benzene rings is 2. The molecule has 2 aromatic rings. The number of aryl methyl sites for hydroxylation is 1. The number of methoxy groups -OCH3 is 1. The van der Waals surface area contributed by atoms with Crippen LogP contribution in [0.4, 0.5) is 5.69 Å². The molecule has 1 amide bonds. The van der Waals surface area contributed by atoms with E-state index in [4.69, 9.17) is 9.47 Å². The molecule has 1 aliphatic heterocycles. The molecule has 4 heteroatoms. The number of fused-ring (bicyclic) bond motifs is 1. The molecule has 2 aromatic carbocycles. The second-order valence-electron chi connectivity index (χ2n) is 5.71. The summed E-state index contributed by atoms with van der Waals surface area (Å²) in [5.41, 5.74) is 1.91. The molecule has 0 spiro atoms.